The summed E-state index contributed by atoms with van der Waals surface area (Å²) in [5.74, 6) is 1.56. The third kappa shape index (κ3) is 3.43. The van der Waals surface area contributed by atoms with Gasteiger partial charge in [0.2, 0.25) is 0 Å². The number of hydrogen-bond donors (Lipinski definition) is 1. The highest BCUT2D eigenvalue weighted by molar-refractivity contribution is 6.30. The average molecular weight is 256 g/mol. The van der Waals surface area contributed by atoms with Crippen LogP contribution >= 0.6 is 11.6 Å². The Hall–Kier alpha value is -0.600. The summed E-state index contributed by atoms with van der Waals surface area (Å²) in [7, 11) is 0. The fraction of sp³-hybridized carbons (Fsp3) is 0.571. The fourth-order valence-corrected chi connectivity index (χ4v) is 2.30. The highest BCUT2D eigenvalue weighted by Crippen LogP contribution is 2.47. The summed E-state index contributed by atoms with van der Waals surface area (Å²) in [6, 6.07) is 5.18. The van der Waals surface area contributed by atoms with E-state index < -0.39 is 0 Å². The Kier molecular flexibility index (Phi) is 4.05. The van der Waals surface area contributed by atoms with E-state index in [-0.39, 0.29) is 10.8 Å². The highest BCUT2D eigenvalue weighted by Gasteiger charge is 2.37. The Balaban J connectivity index is 1.83. The summed E-state index contributed by atoms with van der Waals surface area (Å²) in [5, 5.41) is 3.66. The van der Waals surface area contributed by atoms with E-state index in [1.54, 1.807) is 12.1 Å². The molecule has 0 heterocycles. The Bertz CT molecular complexity index is 392. The van der Waals surface area contributed by atoms with E-state index in [1.165, 1.54) is 0 Å². The van der Waals surface area contributed by atoms with Gasteiger partial charge in [0.1, 0.15) is 5.82 Å². The van der Waals surface area contributed by atoms with Gasteiger partial charge in [-0.15, -0.1) is 0 Å². The molecular formula is C14H19ClFN. The molecule has 94 valence electrons. The van der Waals surface area contributed by atoms with Crippen molar-refractivity contribution in [3.8, 4) is 0 Å². The topological polar surface area (TPSA) is 12.0 Å². The second-order valence-corrected chi connectivity index (χ2v) is 5.74. The first-order chi connectivity index (χ1) is 8.08. The molecule has 1 N–H and O–H groups in total. The normalized spacial score (nSPS) is 23.1. The van der Waals surface area contributed by atoms with E-state index in [0.29, 0.717) is 17.8 Å². The van der Waals surface area contributed by atoms with Crippen LogP contribution in [0.25, 0.3) is 0 Å². The van der Waals surface area contributed by atoms with Crippen LogP contribution in [0, 0.1) is 17.7 Å². The van der Waals surface area contributed by atoms with Gasteiger partial charge in [-0.2, -0.15) is 0 Å². The largest absolute Gasteiger partial charge is 0.316 e. The molecule has 17 heavy (non-hydrogen) atoms. The van der Waals surface area contributed by atoms with E-state index in [0.717, 1.165) is 25.1 Å². The van der Waals surface area contributed by atoms with Crippen LogP contribution in [0.1, 0.15) is 31.7 Å². The van der Waals surface area contributed by atoms with Gasteiger partial charge in [-0.25, -0.2) is 4.39 Å². The third-order valence-corrected chi connectivity index (χ3v) is 3.56. The SMILES string of the molecule is CC(C)CNCC1CC1c1ccc(Cl)c(F)c1. The van der Waals surface area contributed by atoms with Gasteiger partial charge in [-0.05, 0) is 55.0 Å². The Morgan fingerprint density at radius 3 is 2.88 bits per heavy atom. The van der Waals surface area contributed by atoms with Gasteiger partial charge in [0, 0.05) is 0 Å². The van der Waals surface area contributed by atoms with Crippen LogP contribution in [0.3, 0.4) is 0 Å². The van der Waals surface area contributed by atoms with Crippen molar-refractivity contribution in [1.29, 1.82) is 0 Å². The lowest BCUT2D eigenvalue weighted by Crippen LogP contribution is -2.22. The first kappa shape index (κ1) is 12.8. The van der Waals surface area contributed by atoms with E-state index in [4.69, 9.17) is 11.6 Å². The molecule has 0 aromatic heterocycles. The zero-order chi connectivity index (χ0) is 12.4. The predicted octanol–water partition coefficient (Wildman–Crippen LogP) is 3.83. The molecule has 1 aromatic rings. The van der Waals surface area contributed by atoms with Crippen molar-refractivity contribution in [2.45, 2.75) is 26.2 Å². The molecule has 1 aliphatic carbocycles. The van der Waals surface area contributed by atoms with Crippen molar-refractivity contribution < 1.29 is 4.39 Å². The molecule has 2 atom stereocenters. The zero-order valence-electron chi connectivity index (χ0n) is 10.3. The van der Waals surface area contributed by atoms with E-state index in [1.807, 2.05) is 6.07 Å². The van der Waals surface area contributed by atoms with Gasteiger partial charge in [-0.3, -0.25) is 0 Å². The highest BCUT2D eigenvalue weighted by atomic mass is 35.5. The van der Waals surface area contributed by atoms with Crippen LogP contribution in [-0.4, -0.2) is 13.1 Å². The van der Waals surface area contributed by atoms with Crippen LogP contribution in [-0.2, 0) is 0 Å². The van der Waals surface area contributed by atoms with Crippen molar-refractivity contribution in [3.63, 3.8) is 0 Å². The van der Waals surface area contributed by atoms with Crippen molar-refractivity contribution in [3.05, 3.63) is 34.6 Å². The molecule has 1 nitrogen and oxygen atoms in total. The van der Waals surface area contributed by atoms with Crippen LogP contribution in [0.5, 0.6) is 0 Å². The lowest BCUT2D eigenvalue weighted by molar-refractivity contribution is 0.532. The summed E-state index contributed by atoms with van der Waals surface area (Å²) in [5.41, 5.74) is 1.09. The smallest absolute Gasteiger partial charge is 0.142 e. The molecule has 1 aliphatic rings. The van der Waals surface area contributed by atoms with Crippen molar-refractivity contribution in [1.82, 2.24) is 5.32 Å². The molecule has 1 saturated carbocycles. The number of rotatable bonds is 5. The molecule has 0 radical (unpaired) electrons. The fourth-order valence-electron chi connectivity index (χ4n) is 2.18. The van der Waals surface area contributed by atoms with Gasteiger partial charge in [0.05, 0.1) is 5.02 Å². The van der Waals surface area contributed by atoms with Gasteiger partial charge < -0.3 is 5.32 Å². The minimum atomic E-state index is -0.301. The zero-order valence-corrected chi connectivity index (χ0v) is 11.1. The van der Waals surface area contributed by atoms with Gasteiger partial charge in [0.25, 0.3) is 0 Å². The molecule has 0 aliphatic heterocycles. The van der Waals surface area contributed by atoms with Gasteiger partial charge in [-0.1, -0.05) is 31.5 Å². The van der Waals surface area contributed by atoms with Gasteiger partial charge >= 0.3 is 0 Å². The van der Waals surface area contributed by atoms with Crippen LogP contribution in [0.2, 0.25) is 5.02 Å². The Morgan fingerprint density at radius 1 is 1.47 bits per heavy atom. The van der Waals surface area contributed by atoms with Crippen molar-refractivity contribution >= 4 is 11.6 Å². The molecule has 0 amide bonds. The lowest BCUT2D eigenvalue weighted by atomic mass is 10.1. The standard InChI is InChI=1S/C14H19ClFN/c1-9(2)7-17-8-11-5-12(11)10-3-4-13(15)14(16)6-10/h3-4,6,9,11-12,17H,5,7-8H2,1-2H3. The molecule has 0 spiro atoms. The molecule has 2 unspecified atom stereocenters. The van der Waals surface area contributed by atoms with Crippen molar-refractivity contribution in [2.75, 3.05) is 13.1 Å². The molecule has 3 heteroatoms. The lowest BCUT2D eigenvalue weighted by Gasteiger charge is -2.07. The number of nitrogens with one attached hydrogen (secondary N) is 1. The minimum absolute atomic E-state index is 0.212. The van der Waals surface area contributed by atoms with Crippen LogP contribution in [0.15, 0.2) is 18.2 Å². The molecule has 1 fully saturated rings. The summed E-state index contributed by atoms with van der Waals surface area (Å²) >= 11 is 5.67. The summed E-state index contributed by atoms with van der Waals surface area (Å²) < 4.78 is 13.3. The number of hydrogen-bond acceptors (Lipinski definition) is 1. The third-order valence-electron chi connectivity index (χ3n) is 3.25. The second-order valence-electron chi connectivity index (χ2n) is 5.33. The van der Waals surface area contributed by atoms with E-state index in [2.05, 4.69) is 19.2 Å². The molecule has 1 aromatic carbocycles. The average Bonchev–Trinajstić information content (AvgIpc) is 3.01. The first-order valence-electron chi connectivity index (χ1n) is 6.23. The monoisotopic (exact) mass is 255 g/mol. The molecule has 0 saturated heterocycles. The van der Waals surface area contributed by atoms with Crippen LogP contribution < -0.4 is 5.32 Å². The minimum Gasteiger partial charge on any atom is -0.316 e. The quantitative estimate of drug-likeness (QED) is 0.843. The second kappa shape index (κ2) is 5.36. The predicted molar refractivity (Wildman–Crippen MR) is 70.0 cm³/mol. The maximum atomic E-state index is 13.3. The van der Waals surface area contributed by atoms with Crippen LogP contribution in [0.4, 0.5) is 4.39 Å². The Morgan fingerprint density at radius 2 is 2.24 bits per heavy atom. The summed E-state index contributed by atoms with van der Waals surface area (Å²) in [6.07, 6.45) is 1.16. The maximum absolute atomic E-state index is 13.3. The molecular weight excluding hydrogens is 237 g/mol. The van der Waals surface area contributed by atoms with E-state index in [9.17, 15) is 4.39 Å². The van der Waals surface area contributed by atoms with Crippen molar-refractivity contribution in [2.24, 2.45) is 11.8 Å². The van der Waals surface area contributed by atoms with E-state index >= 15 is 0 Å². The maximum Gasteiger partial charge on any atom is 0.142 e. The first-order valence-corrected chi connectivity index (χ1v) is 6.61. The molecule has 2 rings (SSSR count). The number of benzene rings is 1. The Labute approximate surface area is 107 Å². The summed E-state index contributed by atoms with van der Waals surface area (Å²) in [6.45, 7) is 6.49. The number of halogens is 2. The molecule has 0 bridgehead atoms. The van der Waals surface area contributed by atoms with Gasteiger partial charge in [0.15, 0.2) is 0 Å². The summed E-state index contributed by atoms with van der Waals surface area (Å²) in [4.78, 5) is 0.